The highest BCUT2D eigenvalue weighted by Gasteiger charge is 2.26. The maximum absolute atomic E-state index is 6.23. The molecule has 3 nitrogen and oxygen atoms in total. The summed E-state index contributed by atoms with van der Waals surface area (Å²) in [6.07, 6.45) is 3.69. The van der Waals surface area contributed by atoms with Crippen LogP contribution >= 0.6 is 11.6 Å². The van der Waals surface area contributed by atoms with Crippen molar-refractivity contribution in [1.29, 1.82) is 0 Å². The summed E-state index contributed by atoms with van der Waals surface area (Å²) < 4.78 is 10.9. The van der Waals surface area contributed by atoms with E-state index < -0.39 is 0 Å². The van der Waals surface area contributed by atoms with Gasteiger partial charge in [-0.2, -0.15) is 0 Å². The molecule has 1 unspecified atom stereocenters. The molecule has 0 saturated carbocycles. The Morgan fingerprint density at radius 3 is 2.88 bits per heavy atom. The second-order valence-corrected chi connectivity index (χ2v) is 5.05. The Hall–Kier alpha value is -0.930. The van der Waals surface area contributed by atoms with Crippen molar-refractivity contribution in [3.63, 3.8) is 0 Å². The van der Waals surface area contributed by atoms with Crippen LogP contribution in [-0.4, -0.2) is 13.3 Å². The van der Waals surface area contributed by atoms with Crippen LogP contribution in [0, 0.1) is 6.92 Å². The average Bonchev–Trinajstić information content (AvgIpc) is 2.85. The molecule has 4 heteroatoms. The standard InChI is InChI=1S/C13H16ClNO2/c1-8-9(11-4-2-3-5-15-11)6-10(14)13-12(8)16-7-17-13/h6,11,15H,2-5,7H2,1H3. The van der Waals surface area contributed by atoms with Gasteiger partial charge in [-0.15, -0.1) is 0 Å². The Morgan fingerprint density at radius 2 is 2.12 bits per heavy atom. The van der Waals surface area contributed by atoms with E-state index in [2.05, 4.69) is 12.2 Å². The van der Waals surface area contributed by atoms with Gasteiger partial charge in [0.05, 0.1) is 5.02 Å². The molecule has 0 bridgehead atoms. The number of piperidine rings is 1. The number of hydrogen-bond donors (Lipinski definition) is 1. The number of benzene rings is 1. The van der Waals surface area contributed by atoms with Gasteiger partial charge < -0.3 is 14.8 Å². The van der Waals surface area contributed by atoms with Gasteiger partial charge in [-0.3, -0.25) is 0 Å². The minimum atomic E-state index is 0.275. The first-order valence-corrected chi connectivity index (χ1v) is 6.47. The van der Waals surface area contributed by atoms with Crippen molar-refractivity contribution in [3.8, 4) is 11.5 Å². The smallest absolute Gasteiger partial charge is 0.231 e. The van der Waals surface area contributed by atoms with E-state index in [1.54, 1.807) is 0 Å². The van der Waals surface area contributed by atoms with Crippen LogP contribution in [0.25, 0.3) is 0 Å². The quantitative estimate of drug-likeness (QED) is 0.834. The van der Waals surface area contributed by atoms with Crippen molar-refractivity contribution in [2.45, 2.75) is 32.2 Å². The van der Waals surface area contributed by atoms with Gasteiger partial charge in [-0.25, -0.2) is 0 Å². The molecule has 3 rings (SSSR count). The van der Waals surface area contributed by atoms with E-state index in [4.69, 9.17) is 21.1 Å². The number of rotatable bonds is 1. The molecule has 17 heavy (non-hydrogen) atoms. The second-order valence-electron chi connectivity index (χ2n) is 4.64. The lowest BCUT2D eigenvalue weighted by Gasteiger charge is -2.26. The Kier molecular flexibility index (Phi) is 2.89. The van der Waals surface area contributed by atoms with Crippen LogP contribution in [0.1, 0.15) is 36.4 Å². The van der Waals surface area contributed by atoms with Gasteiger partial charge in [-0.1, -0.05) is 18.0 Å². The SMILES string of the molecule is Cc1c(C2CCCCN2)cc(Cl)c2c1OCO2. The number of hydrogen-bond acceptors (Lipinski definition) is 3. The highest BCUT2D eigenvalue weighted by atomic mass is 35.5. The lowest BCUT2D eigenvalue weighted by atomic mass is 9.93. The fourth-order valence-electron chi connectivity index (χ4n) is 2.65. The molecule has 0 aromatic heterocycles. The highest BCUT2D eigenvalue weighted by molar-refractivity contribution is 6.32. The summed E-state index contributed by atoms with van der Waals surface area (Å²) in [7, 11) is 0. The molecule has 2 aliphatic rings. The fraction of sp³-hybridized carbons (Fsp3) is 0.538. The molecule has 1 fully saturated rings. The third kappa shape index (κ3) is 1.87. The Labute approximate surface area is 106 Å². The van der Waals surface area contributed by atoms with E-state index in [-0.39, 0.29) is 6.79 Å². The molecule has 1 atom stereocenters. The molecule has 0 aliphatic carbocycles. The lowest BCUT2D eigenvalue weighted by molar-refractivity contribution is 0.173. The molecule has 0 radical (unpaired) electrons. The second kappa shape index (κ2) is 4.39. The number of ether oxygens (including phenoxy) is 2. The van der Waals surface area contributed by atoms with Gasteiger partial charge in [0.1, 0.15) is 0 Å². The maximum Gasteiger partial charge on any atom is 0.231 e. The largest absolute Gasteiger partial charge is 0.453 e. The van der Waals surface area contributed by atoms with Gasteiger partial charge in [-0.05, 0) is 43.5 Å². The van der Waals surface area contributed by atoms with Gasteiger partial charge in [0.25, 0.3) is 0 Å². The van der Waals surface area contributed by atoms with Crippen molar-refractivity contribution in [1.82, 2.24) is 5.32 Å². The monoisotopic (exact) mass is 253 g/mol. The molecule has 2 heterocycles. The van der Waals surface area contributed by atoms with E-state index in [1.165, 1.54) is 18.4 Å². The molecule has 2 aliphatic heterocycles. The van der Waals surface area contributed by atoms with Gasteiger partial charge in [0.2, 0.25) is 6.79 Å². The predicted octanol–water partition coefficient (Wildman–Crippen LogP) is 3.19. The van der Waals surface area contributed by atoms with E-state index in [0.717, 1.165) is 24.3 Å². The minimum Gasteiger partial charge on any atom is -0.453 e. The predicted molar refractivity (Wildman–Crippen MR) is 66.9 cm³/mol. The molecule has 1 saturated heterocycles. The zero-order valence-electron chi connectivity index (χ0n) is 9.88. The van der Waals surface area contributed by atoms with E-state index in [0.29, 0.717) is 16.8 Å². The lowest BCUT2D eigenvalue weighted by Crippen LogP contribution is -2.27. The molecule has 0 amide bonds. The minimum absolute atomic E-state index is 0.275. The summed E-state index contributed by atoms with van der Waals surface area (Å²) in [6.45, 7) is 3.43. The Morgan fingerprint density at radius 1 is 1.29 bits per heavy atom. The molecular formula is C13H16ClNO2. The third-order valence-corrected chi connectivity index (χ3v) is 3.85. The number of nitrogens with one attached hydrogen (secondary N) is 1. The Balaban J connectivity index is 2.02. The van der Waals surface area contributed by atoms with Crippen molar-refractivity contribution < 1.29 is 9.47 Å². The molecule has 1 N–H and O–H groups in total. The first kappa shape index (κ1) is 11.2. The van der Waals surface area contributed by atoms with E-state index >= 15 is 0 Å². The number of fused-ring (bicyclic) bond motifs is 1. The van der Waals surface area contributed by atoms with Crippen LogP contribution in [0.3, 0.4) is 0 Å². The van der Waals surface area contributed by atoms with Crippen molar-refractivity contribution >= 4 is 11.6 Å². The normalized spacial score (nSPS) is 22.8. The van der Waals surface area contributed by atoms with Gasteiger partial charge in [0, 0.05) is 6.04 Å². The average molecular weight is 254 g/mol. The third-order valence-electron chi connectivity index (χ3n) is 3.57. The van der Waals surface area contributed by atoms with Crippen LogP contribution < -0.4 is 14.8 Å². The summed E-state index contributed by atoms with van der Waals surface area (Å²) in [6, 6.07) is 2.42. The summed E-state index contributed by atoms with van der Waals surface area (Å²) in [4.78, 5) is 0. The molecular weight excluding hydrogens is 238 g/mol. The summed E-state index contributed by atoms with van der Waals surface area (Å²) in [5.74, 6) is 1.52. The van der Waals surface area contributed by atoms with Crippen LogP contribution in [0.15, 0.2) is 6.07 Å². The zero-order chi connectivity index (χ0) is 11.8. The highest BCUT2D eigenvalue weighted by Crippen LogP contribution is 2.45. The molecule has 1 aromatic rings. The van der Waals surface area contributed by atoms with E-state index in [1.807, 2.05) is 6.07 Å². The Bertz CT molecular complexity index is 442. The maximum atomic E-state index is 6.23. The summed E-state index contributed by atoms with van der Waals surface area (Å²) in [5, 5.41) is 4.20. The fourth-order valence-corrected chi connectivity index (χ4v) is 2.91. The summed E-state index contributed by atoms with van der Waals surface area (Å²) >= 11 is 6.23. The van der Waals surface area contributed by atoms with Crippen LogP contribution in [0.4, 0.5) is 0 Å². The number of halogens is 1. The topological polar surface area (TPSA) is 30.5 Å². The van der Waals surface area contributed by atoms with Crippen molar-refractivity contribution in [2.75, 3.05) is 13.3 Å². The zero-order valence-corrected chi connectivity index (χ0v) is 10.6. The molecule has 92 valence electrons. The van der Waals surface area contributed by atoms with Crippen LogP contribution in [0.5, 0.6) is 11.5 Å². The van der Waals surface area contributed by atoms with Gasteiger partial charge in [0.15, 0.2) is 11.5 Å². The summed E-state index contributed by atoms with van der Waals surface area (Å²) in [5.41, 5.74) is 2.40. The molecule has 0 spiro atoms. The van der Waals surface area contributed by atoms with Crippen LogP contribution in [0.2, 0.25) is 5.02 Å². The van der Waals surface area contributed by atoms with E-state index in [9.17, 15) is 0 Å². The molecule has 1 aromatic carbocycles. The van der Waals surface area contributed by atoms with Crippen LogP contribution in [-0.2, 0) is 0 Å². The van der Waals surface area contributed by atoms with Gasteiger partial charge >= 0.3 is 0 Å². The first-order chi connectivity index (χ1) is 8.27. The van der Waals surface area contributed by atoms with Crippen molar-refractivity contribution in [3.05, 3.63) is 22.2 Å². The van der Waals surface area contributed by atoms with Crippen molar-refractivity contribution in [2.24, 2.45) is 0 Å². The first-order valence-electron chi connectivity index (χ1n) is 6.09.